The van der Waals surface area contributed by atoms with Gasteiger partial charge in [0.25, 0.3) is 0 Å². The van der Waals surface area contributed by atoms with Crippen LogP contribution >= 0.6 is 0 Å². The molecule has 1 heterocycles. The van der Waals surface area contributed by atoms with Crippen molar-refractivity contribution in [2.75, 3.05) is 13.2 Å². The van der Waals surface area contributed by atoms with Gasteiger partial charge in [-0.25, -0.2) is 0 Å². The van der Waals surface area contributed by atoms with Crippen LogP contribution in [0.1, 0.15) is 37.8 Å². The minimum absolute atomic E-state index is 0.0793. The highest BCUT2D eigenvalue weighted by Crippen LogP contribution is 2.21. The molecule has 1 atom stereocenters. The molecule has 0 spiro atoms. The Balaban J connectivity index is 2.14. The molecule has 0 saturated heterocycles. The molecule has 0 aromatic heterocycles. The lowest BCUT2D eigenvalue weighted by atomic mass is 10.0. The van der Waals surface area contributed by atoms with E-state index in [9.17, 15) is 4.79 Å². The van der Waals surface area contributed by atoms with Crippen molar-refractivity contribution in [2.45, 2.75) is 45.7 Å². The first kappa shape index (κ1) is 14.1. The van der Waals surface area contributed by atoms with Crippen LogP contribution in [0.25, 0.3) is 0 Å². The molecule has 2 rings (SSSR count). The van der Waals surface area contributed by atoms with Gasteiger partial charge in [-0.15, -0.1) is 0 Å². The van der Waals surface area contributed by atoms with Crippen LogP contribution in [0.2, 0.25) is 0 Å². The molecule has 19 heavy (non-hydrogen) atoms. The number of benzene rings is 1. The molecule has 1 aliphatic rings. The molecule has 1 aromatic rings. The molecule has 1 unspecified atom stereocenters. The summed E-state index contributed by atoms with van der Waals surface area (Å²) in [4.78, 5) is 14.3. The first-order valence-corrected chi connectivity index (χ1v) is 7.23. The molecule has 0 fully saturated rings. The Kier molecular flexibility index (Phi) is 4.97. The standard InChI is InChI=1S/C16H23NO2/c1-3-15(16(18)19-4-2)17-11-7-10-13-8-5-6-9-14(13)12-17/h5-6,8-9,15H,3-4,7,10-12H2,1-2H3. The lowest BCUT2D eigenvalue weighted by Gasteiger charge is -2.28. The number of aryl methyl sites for hydroxylation is 1. The van der Waals surface area contributed by atoms with Gasteiger partial charge >= 0.3 is 5.97 Å². The summed E-state index contributed by atoms with van der Waals surface area (Å²) in [7, 11) is 0. The van der Waals surface area contributed by atoms with Crippen molar-refractivity contribution in [3.63, 3.8) is 0 Å². The molecule has 0 amide bonds. The second kappa shape index (κ2) is 6.71. The Bertz CT molecular complexity index is 431. The van der Waals surface area contributed by atoms with Gasteiger partial charge in [0.05, 0.1) is 6.61 Å². The number of hydrogen-bond acceptors (Lipinski definition) is 3. The van der Waals surface area contributed by atoms with E-state index in [1.165, 1.54) is 11.1 Å². The van der Waals surface area contributed by atoms with E-state index in [2.05, 4.69) is 36.1 Å². The number of rotatable bonds is 4. The van der Waals surface area contributed by atoms with Crippen LogP contribution in [0.3, 0.4) is 0 Å². The highest BCUT2D eigenvalue weighted by Gasteiger charge is 2.27. The largest absolute Gasteiger partial charge is 0.465 e. The first-order chi connectivity index (χ1) is 9.26. The Morgan fingerprint density at radius 2 is 2.05 bits per heavy atom. The zero-order chi connectivity index (χ0) is 13.7. The van der Waals surface area contributed by atoms with Gasteiger partial charge in [-0.05, 0) is 43.9 Å². The van der Waals surface area contributed by atoms with Gasteiger partial charge in [0.15, 0.2) is 0 Å². The van der Waals surface area contributed by atoms with Crippen molar-refractivity contribution in [2.24, 2.45) is 0 Å². The Labute approximate surface area is 115 Å². The molecular weight excluding hydrogens is 238 g/mol. The zero-order valence-corrected chi connectivity index (χ0v) is 11.9. The Hall–Kier alpha value is -1.35. The second-order valence-corrected chi connectivity index (χ2v) is 5.02. The van der Waals surface area contributed by atoms with Crippen LogP contribution in [-0.2, 0) is 22.5 Å². The van der Waals surface area contributed by atoms with Crippen molar-refractivity contribution in [3.05, 3.63) is 35.4 Å². The molecule has 104 valence electrons. The predicted molar refractivity (Wildman–Crippen MR) is 75.9 cm³/mol. The average molecular weight is 261 g/mol. The quantitative estimate of drug-likeness (QED) is 0.781. The van der Waals surface area contributed by atoms with Crippen LogP contribution in [0.15, 0.2) is 24.3 Å². The van der Waals surface area contributed by atoms with E-state index in [1.54, 1.807) is 0 Å². The maximum Gasteiger partial charge on any atom is 0.323 e. The van der Waals surface area contributed by atoms with Gasteiger partial charge in [0, 0.05) is 6.54 Å². The Morgan fingerprint density at radius 1 is 1.32 bits per heavy atom. The third kappa shape index (κ3) is 3.35. The summed E-state index contributed by atoms with van der Waals surface area (Å²) in [6.45, 7) is 6.19. The normalized spacial score (nSPS) is 17.4. The average Bonchev–Trinajstić information content (AvgIpc) is 2.62. The molecule has 3 heteroatoms. The topological polar surface area (TPSA) is 29.5 Å². The van der Waals surface area contributed by atoms with E-state index in [0.717, 1.165) is 32.4 Å². The lowest BCUT2D eigenvalue weighted by Crippen LogP contribution is -2.41. The van der Waals surface area contributed by atoms with E-state index >= 15 is 0 Å². The highest BCUT2D eigenvalue weighted by atomic mass is 16.5. The summed E-state index contributed by atoms with van der Waals surface area (Å²) in [5.41, 5.74) is 2.77. The molecule has 0 bridgehead atoms. The number of carbonyl (C=O) groups excluding carboxylic acids is 1. The van der Waals surface area contributed by atoms with E-state index in [0.29, 0.717) is 6.61 Å². The number of carbonyl (C=O) groups is 1. The van der Waals surface area contributed by atoms with Gasteiger partial charge in [-0.1, -0.05) is 31.2 Å². The van der Waals surface area contributed by atoms with Crippen molar-refractivity contribution in [1.29, 1.82) is 0 Å². The van der Waals surface area contributed by atoms with Gasteiger partial charge in [-0.3, -0.25) is 9.69 Å². The van der Waals surface area contributed by atoms with Crippen LogP contribution in [0, 0.1) is 0 Å². The first-order valence-electron chi connectivity index (χ1n) is 7.23. The minimum Gasteiger partial charge on any atom is -0.465 e. The zero-order valence-electron chi connectivity index (χ0n) is 11.9. The van der Waals surface area contributed by atoms with Crippen LogP contribution in [0.4, 0.5) is 0 Å². The molecule has 1 aromatic carbocycles. The van der Waals surface area contributed by atoms with Crippen LogP contribution in [-0.4, -0.2) is 30.1 Å². The van der Waals surface area contributed by atoms with Crippen LogP contribution in [0.5, 0.6) is 0 Å². The van der Waals surface area contributed by atoms with Gasteiger partial charge in [0.2, 0.25) is 0 Å². The molecular formula is C16H23NO2. The molecule has 0 aliphatic carbocycles. The molecule has 0 saturated carbocycles. The fourth-order valence-electron chi connectivity index (χ4n) is 2.80. The number of hydrogen-bond donors (Lipinski definition) is 0. The molecule has 3 nitrogen and oxygen atoms in total. The molecule has 0 N–H and O–H groups in total. The summed E-state index contributed by atoms with van der Waals surface area (Å²) in [5.74, 6) is -0.0793. The van der Waals surface area contributed by atoms with E-state index in [4.69, 9.17) is 4.74 Å². The third-order valence-electron chi connectivity index (χ3n) is 3.77. The summed E-state index contributed by atoms with van der Waals surface area (Å²) in [6, 6.07) is 8.44. The maximum atomic E-state index is 12.0. The minimum atomic E-state index is -0.105. The third-order valence-corrected chi connectivity index (χ3v) is 3.77. The van der Waals surface area contributed by atoms with Crippen molar-refractivity contribution in [3.8, 4) is 0 Å². The highest BCUT2D eigenvalue weighted by molar-refractivity contribution is 5.75. The summed E-state index contributed by atoms with van der Waals surface area (Å²) < 4.78 is 5.20. The number of esters is 1. The fraction of sp³-hybridized carbons (Fsp3) is 0.562. The summed E-state index contributed by atoms with van der Waals surface area (Å²) >= 11 is 0. The Morgan fingerprint density at radius 3 is 2.74 bits per heavy atom. The molecule has 1 aliphatic heterocycles. The van der Waals surface area contributed by atoms with Crippen molar-refractivity contribution < 1.29 is 9.53 Å². The maximum absolute atomic E-state index is 12.0. The van der Waals surface area contributed by atoms with E-state index in [-0.39, 0.29) is 12.0 Å². The lowest BCUT2D eigenvalue weighted by molar-refractivity contribution is -0.150. The van der Waals surface area contributed by atoms with Crippen molar-refractivity contribution >= 4 is 5.97 Å². The second-order valence-electron chi connectivity index (χ2n) is 5.02. The monoisotopic (exact) mass is 261 g/mol. The number of nitrogens with zero attached hydrogens (tertiary/aromatic N) is 1. The van der Waals surface area contributed by atoms with Gasteiger partial charge < -0.3 is 4.74 Å². The summed E-state index contributed by atoms with van der Waals surface area (Å²) in [5, 5.41) is 0. The SMILES string of the molecule is CCOC(=O)C(CC)N1CCCc2ccccc2C1. The fourth-order valence-corrected chi connectivity index (χ4v) is 2.80. The predicted octanol–water partition coefficient (Wildman–Crippen LogP) is 2.78. The van der Waals surface area contributed by atoms with E-state index < -0.39 is 0 Å². The van der Waals surface area contributed by atoms with Crippen molar-refractivity contribution in [1.82, 2.24) is 4.90 Å². The van der Waals surface area contributed by atoms with Crippen LogP contribution < -0.4 is 0 Å². The number of ether oxygens (including phenoxy) is 1. The van der Waals surface area contributed by atoms with E-state index in [1.807, 2.05) is 6.92 Å². The smallest absolute Gasteiger partial charge is 0.323 e. The summed E-state index contributed by atoms with van der Waals surface area (Å²) in [6.07, 6.45) is 3.01. The van der Waals surface area contributed by atoms with Gasteiger partial charge in [0.1, 0.15) is 6.04 Å². The molecule has 0 radical (unpaired) electrons. The van der Waals surface area contributed by atoms with Gasteiger partial charge in [-0.2, -0.15) is 0 Å². The number of fused-ring (bicyclic) bond motifs is 1.